The fourth-order valence-corrected chi connectivity index (χ4v) is 3.94. The normalized spacial score (nSPS) is 20.3. The highest BCUT2D eigenvalue weighted by atomic mass is 35.5. The van der Waals surface area contributed by atoms with E-state index in [1.165, 1.54) is 12.1 Å². The van der Waals surface area contributed by atoms with Gasteiger partial charge >= 0.3 is 6.09 Å². The van der Waals surface area contributed by atoms with Gasteiger partial charge < -0.3 is 19.6 Å². The van der Waals surface area contributed by atoms with Gasteiger partial charge in [-0.2, -0.15) is 0 Å². The molecule has 1 aromatic carbocycles. The molecule has 2 aliphatic heterocycles. The van der Waals surface area contributed by atoms with Crippen LogP contribution in [-0.2, 0) is 4.74 Å². The molecular weight excluding hydrogens is 356 g/mol. The van der Waals surface area contributed by atoms with E-state index in [1.807, 2.05) is 4.90 Å². The monoisotopic (exact) mass is 380 g/mol. The zero-order valence-electron chi connectivity index (χ0n) is 15.2. The standard InChI is InChI=1S/C19H25ClN2O4/c1-3-4-13(2)22-12-19(26-18(22)25)7-9-21(10-8-19)17(24)14-5-6-16(23)15(20)11-14/h5-6,11,13,23H,3-4,7-10,12H2,1-2H3. The van der Waals surface area contributed by atoms with E-state index in [2.05, 4.69) is 13.8 Å². The molecule has 3 rings (SSSR count). The van der Waals surface area contributed by atoms with Crippen molar-refractivity contribution < 1.29 is 19.4 Å². The quantitative estimate of drug-likeness (QED) is 0.865. The fourth-order valence-electron chi connectivity index (χ4n) is 3.76. The molecule has 6 nitrogen and oxygen atoms in total. The third kappa shape index (κ3) is 3.61. The Morgan fingerprint density at radius 1 is 1.38 bits per heavy atom. The van der Waals surface area contributed by atoms with Crippen LogP contribution in [0.25, 0.3) is 0 Å². The number of carbonyl (C=O) groups is 2. The van der Waals surface area contributed by atoms with Gasteiger partial charge in [0.05, 0.1) is 11.6 Å². The van der Waals surface area contributed by atoms with Crippen molar-refractivity contribution in [3.63, 3.8) is 0 Å². The van der Waals surface area contributed by atoms with Gasteiger partial charge in [-0.15, -0.1) is 0 Å². The lowest BCUT2D eigenvalue weighted by atomic mass is 9.90. The minimum absolute atomic E-state index is 0.0417. The lowest BCUT2D eigenvalue weighted by Gasteiger charge is -2.37. The summed E-state index contributed by atoms with van der Waals surface area (Å²) in [5.41, 5.74) is -0.0343. The average Bonchev–Trinajstić information content (AvgIpc) is 2.94. The van der Waals surface area contributed by atoms with E-state index < -0.39 is 5.60 Å². The molecule has 0 bridgehead atoms. The van der Waals surface area contributed by atoms with Gasteiger partial charge in [-0.1, -0.05) is 24.9 Å². The van der Waals surface area contributed by atoms with Gasteiger partial charge in [-0.25, -0.2) is 4.79 Å². The molecule has 0 aromatic heterocycles. The number of phenols is 1. The largest absolute Gasteiger partial charge is 0.506 e. The molecule has 2 aliphatic rings. The molecule has 2 fully saturated rings. The van der Waals surface area contributed by atoms with Crippen molar-refractivity contribution in [3.8, 4) is 5.75 Å². The highest BCUT2D eigenvalue weighted by molar-refractivity contribution is 6.32. The third-order valence-corrected chi connectivity index (χ3v) is 5.69. The topological polar surface area (TPSA) is 70.1 Å². The molecular formula is C19H25ClN2O4. The van der Waals surface area contributed by atoms with Crippen LogP contribution in [0.1, 0.15) is 49.9 Å². The van der Waals surface area contributed by atoms with Crippen LogP contribution in [0.5, 0.6) is 5.75 Å². The van der Waals surface area contributed by atoms with Gasteiger partial charge in [-0.3, -0.25) is 4.79 Å². The van der Waals surface area contributed by atoms with E-state index in [-0.39, 0.29) is 28.8 Å². The fraction of sp³-hybridized carbons (Fsp3) is 0.579. The first-order valence-corrected chi connectivity index (χ1v) is 9.50. The molecule has 1 unspecified atom stereocenters. The number of aromatic hydroxyl groups is 1. The number of phenolic OH excluding ortho intramolecular Hbond substituents is 1. The van der Waals surface area contributed by atoms with Gasteiger partial charge in [0, 0.05) is 37.5 Å². The number of halogens is 1. The molecule has 142 valence electrons. The van der Waals surface area contributed by atoms with E-state index >= 15 is 0 Å². The summed E-state index contributed by atoms with van der Waals surface area (Å²) in [4.78, 5) is 28.5. The molecule has 0 saturated carbocycles. The molecule has 0 aliphatic carbocycles. The summed E-state index contributed by atoms with van der Waals surface area (Å²) in [6.07, 6.45) is 3.00. The predicted octanol–water partition coefficient (Wildman–Crippen LogP) is 3.66. The van der Waals surface area contributed by atoms with E-state index in [0.717, 1.165) is 12.8 Å². The number of likely N-dealkylation sites (tertiary alicyclic amines) is 1. The molecule has 1 aromatic rings. The number of nitrogens with zero attached hydrogens (tertiary/aromatic N) is 2. The van der Waals surface area contributed by atoms with Crippen molar-refractivity contribution >= 4 is 23.6 Å². The SMILES string of the molecule is CCCC(C)N1CC2(CCN(C(=O)c3ccc(O)c(Cl)c3)CC2)OC1=O. The van der Waals surface area contributed by atoms with Crippen molar-refractivity contribution in [1.29, 1.82) is 0 Å². The number of carbonyl (C=O) groups excluding carboxylic acids is 2. The number of piperidine rings is 1. The van der Waals surface area contributed by atoms with Crippen LogP contribution in [0.4, 0.5) is 4.79 Å². The lowest BCUT2D eigenvalue weighted by molar-refractivity contribution is 0.00307. The molecule has 1 atom stereocenters. The van der Waals surface area contributed by atoms with Crippen molar-refractivity contribution in [3.05, 3.63) is 28.8 Å². The Bertz CT molecular complexity index is 701. The van der Waals surface area contributed by atoms with Gasteiger partial charge in [0.15, 0.2) is 0 Å². The lowest BCUT2D eigenvalue weighted by Crippen LogP contribution is -2.49. The third-order valence-electron chi connectivity index (χ3n) is 5.39. The summed E-state index contributed by atoms with van der Waals surface area (Å²) >= 11 is 5.90. The predicted molar refractivity (Wildman–Crippen MR) is 98.5 cm³/mol. The minimum atomic E-state index is -0.484. The molecule has 1 N–H and O–H groups in total. The van der Waals surface area contributed by atoms with Crippen LogP contribution in [0.15, 0.2) is 18.2 Å². The second-order valence-electron chi connectivity index (χ2n) is 7.27. The van der Waals surface area contributed by atoms with Gasteiger partial charge in [-0.05, 0) is 31.5 Å². The van der Waals surface area contributed by atoms with E-state index in [4.69, 9.17) is 16.3 Å². The second kappa shape index (κ2) is 7.35. The molecule has 0 radical (unpaired) electrons. The second-order valence-corrected chi connectivity index (χ2v) is 7.68. The first-order valence-electron chi connectivity index (χ1n) is 9.12. The van der Waals surface area contributed by atoms with Crippen molar-refractivity contribution in [2.45, 2.75) is 51.2 Å². The van der Waals surface area contributed by atoms with E-state index in [1.54, 1.807) is 11.0 Å². The molecule has 2 saturated heterocycles. The van der Waals surface area contributed by atoms with Crippen molar-refractivity contribution in [2.24, 2.45) is 0 Å². The number of rotatable bonds is 4. The highest BCUT2D eigenvalue weighted by Gasteiger charge is 2.48. The molecule has 26 heavy (non-hydrogen) atoms. The molecule has 2 heterocycles. The maximum atomic E-state index is 12.7. The van der Waals surface area contributed by atoms with Crippen LogP contribution >= 0.6 is 11.6 Å². The van der Waals surface area contributed by atoms with Gasteiger partial charge in [0.25, 0.3) is 5.91 Å². The van der Waals surface area contributed by atoms with Crippen molar-refractivity contribution in [1.82, 2.24) is 9.80 Å². The van der Waals surface area contributed by atoms with Gasteiger partial charge in [0.2, 0.25) is 0 Å². The minimum Gasteiger partial charge on any atom is -0.506 e. The van der Waals surface area contributed by atoms with Crippen molar-refractivity contribution in [2.75, 3.05) is 19.6 Å². The average molecular weight is 381 g/mol. The molecule has 2 amide bonds. The molecule has 1 spiro atoms. The first kappa shape index (κ1) is 18.8. The Labute approximate surface area is 158 Å². The summed E-state index contributed by atoms with van der Waals surface area (Å²) in [5, 5.41) is 9.66. The van der Waals surface area contributed by atoms with Crippen LogP contribution in [0, 0.1) is 0 Å². The number of hydrogen-bond donors (Lipinski definition) is 1. The van der Waals surface area contributed by atoms with Crippen LogP contribution in [-0.4, -0.2) is 58.2 Å². The van der Waals surface area contributed by atoms with Crippen LogP contribution in [0.3, 0.4) is 0 Å². The Balaban J connectivity index is 1.63. The number of benzene rings is 1. The summed E-state index contributed by atoms with van der Waals surface area (Å²) in [5.74, 6) is -0.165. The van der Waals surface area contributed by atoms with E-state index in [0.29, 0.717) is 38.0 Å². The van der Waals surface area contributed by atoms with Gasteiger partial charge in [0.1, 0.15) is 11.4 Å². The molecule has 7 heteroatoms. The summed E-state index contributed by atoms with van der Waals surface area (Å²) in [7, 11) is 0. The number of amides is 2. The first-order chi connectivity index (χ1) is 12.3. The van der Waals surface area contributed by atoms with Crippen LogP contribution < -0.4 is 0 Å². The maximum Gasteiger partial charge on any atom is 0.410 e. The highest BCUT2D eigenvalue weighted by Crippen LogP contribution is 2.35. The number of ether oxygens (including phenoxy) is 1. The maximum absolute atomic E-state index is 12.7. The Morgan fingerprint density at radius 3 is 2.69 bits per heavy atom. The summed E-state index contributed by atoms with van der Waals surface area (Å²) in [6.45, 7) is 5.81. The Hall–Kier alpha value is -1.95. The Morgan fingerprint density at radius 2 is 2.08 bits per heavy atom. The summed E-state index contributed by atoms with van der Waals surface area (Å²) < 4.78 is 5.73. The summed E-state index contributed by atoms with van der Waals surface area (Å²) in [6, 6.07) is 4.64. The zero-order chi connectivity index (χ0) is 18.9. The van der Waals surface area contributed by atoms with E-state index in [9.17, 15) is 14.7 Å². The zero-order valence-corrected chi connectivity index (χ0v) is 16.0. The Kier molecular flexibility index (Phi) is 5.32. The smallest absolute Gasteiger partial charge is 0.410 e. The van der Waals surface area contributed by atoms with Crippen LogP contribution in [0.2, 0.25) is 5.02 Å². The number of hydrogen-bond acceptors (Lipinski definition) is 4.